The summed E-state index contributed by atoms with van der Waals surface area (Å²) in [6.45, 7) is 2.10. The molecule has 6 rings (SSSR count). The molecule has 2 N–H and O–H groups in total. The van der Waals surface area contributed by atoms with Crippen LogP contribution in [0.15, 0.2) is 73.3 Å². The number of carbonyl (C=O) groups is 1. The van der Waals surface area contributed by atoms with Gasteiger partial charge in [0.1, 0.15) is 17.2 Å². The molecular weight excluding hydrogens is 531 g/mol. The number of aromatic amines is 1. The van der Waals surface area contributed by atoms with Crippen molar-refractivity contribution < 1.29 is 18.0 Å². The van der Waals surface area contributed by atoms with E-state index in [1.807, 2.05) is 24.4 Å². The van der Waals surface area contributed by atoms with E-state index in [1.54, 1.807) is 18.5 Å². The molecule has 5 aromatic rings. The van der Waals surface area contributed by atoms with Crippen molar-refractivity contribution in [3.8, 4) is 22.4 Å². The van der Waals surface area contributed by atoms with Crippen LogP contribution in [0.1, 0.15) is 30.7 Å². The second-order valence-corrected chi connectivity index (χ2v) is 9.99. The predicted molar refractivity (Wildman–Crippen MR) is 150 cm³/mol. The lowest BCUT2D eigenvalue weighted by Gasteiger charge is -2.27. The Morgan fingerprint density at radius 1 is 0.854 bits per heavy atom. The molecule has 208 valence electrons. The molecular formula is C30H26F3N7O. The molecule has 0 spiro atoms. The van der Waals surface area contributed by atoms with E-state index in [4.69, 9.17) is 0 Å². The average molecular weight is 558 g/mol. The van der Waals surface area contributed by atoms with Crippen LogP contribution < -0.4 is 10.2 Å². The Bertz CT molecular complexity index is 1680. The minimum absolute atomic E-state index is 0.0212. The minimum Gasteiger partial charge on any atom is -0.357 e. The highest BCUT2D eigenvalue weighted by Gasteiger charge is 2.32. The van der Waals surface area contributed by atoms with Crippen molar-refractivity contribution in [2.24, 2.45) is 0 Å². The van der Waals surface area contributed by atoms with Gasteiger partial charge in [0.15, 0.2) is 0 Å². The fraction of sp³-hybridized carbons (Fsp3) is 0.233. The van der Waals surface area contributed by atoms with Crippen molar-refractivity contribution in [1.82, 2.24) is 24.9 Å². The Kier molecular flexibility index (Phi) is 7.08. The number of H-pyrrole nitrogens is 1. The van der Waals surface area contributed by atoms with Crippen molar-refractivity contribution in [3.05, 3.63) is 84.7 Å². The van der Waals surface area contributed by atoms with Crippen LogP contribution in [-0.4, -0.2) is 43.9 Å². The summed E-state index contributed by atoms with van der Waals surface area (Å²) in [4.78, 5) is 35.0. The molecule has 6 heterocycles. The number of pyridine rings is 4. The topological polar surface area (TPSA) is 99.7 Å². The van der Waals surface area contributed by atoms with Gasteiger partial charge in [-0.15, -0.1) is 0 Å². The summed E-state index contributed by atoms with van der Waals surface area (Å²) in [6.07, 6.45) is 5.30. The van der Waals surface area contributed by atoms with Crippen LogP contribution in [0.4, 0.5) is 24.7 Å². The molecule has 1 fully saturated rings. The summed E-state index contributed by atoms with van der Waals surface area (Å²) in [5, 5.41) is 3.41. The number of anilines is 2. The summed E-state index contributed by atoms with van der Waals surface area (Å²) in [5.74, 6) is 0.525. The minimum atomic E-state index is -4.59. The lowest BCUT2D eigenvalue weighted by Crippen LogP contribution is -2.29. The summed E-state index contributed by atoms with van der Waals surface area (Å²) in [5.41, 5.74) is 3.79. The van der Waals surface area contributed by atoms with Gasteiger partial charge in [0, 0.05) is 77.0 Å². The number of amides is 1. The van der Waals surface area contributed by atoms with Crippen LogP contribution in [0.3, 0.4) is 0 Å². The SMILES string of the molecule is O=C(Cc1ccc(-c2cnc3[nH]c(-c4ccc(N5CCCCC5)nc4)cc3c2)cn1)Nc1ccnc(C(F)(F)F)c1. The first-order chi connectivity index (χ1) is 19.8. The first-order valence-electron chi connectivity index (χ1n) is 13.3. The molecule has 0 aromatic carbocycles. The Morgan fingerprint density at radius 3 is 2.37 bits per heavy atom. The zero-order chi connectivity index (χ0) is 28.4. The quantitative estimate of drug-likeness (QED) is 0.255. The highest BCUT2D eigenvalue weighted by atomic mass is 19.4. The van der Waals surface area contributed by atoms with E-state index in [9.17, 15) is 18.0 Å². The summed E-state index contributed by atoms with van der Waals surface area (Å²) < 4.78 is 38.6. The summed E-state index contributed by atoms with van der Waals surface area (Å²) >= 11 is 0. The number of carbonyl (C=O) groups excluding carboxylic acids is 1. The molecule has 5 aromatic heterocycles. The predicted octanol–water partition coefficient (Wildman–Crippen LogP) is 6.27. The molecule has 1 aliphatic rings. The number of alkyl halides is 3. The number of hydrogen-bond acceptors (Lipinski definition) is 6. The highest BCUT2D eigenvalue weighted by Crippen LogP contribution is 2.30. The Balaban J connectivity index is 1.12. The third-order valence-electron chi connectivity index (χ3n) is 7.04. The van der Waals surface area contributed by atoms with Crippen LogP contribution in [0.5, 0.6) is 0 Å². The van der Waals surface area contributed by atoms with E-state index in [-0.39, 0.29) is 12.1 Å². The van der Waals surface area contributed by atoms with Gasteiger partial charge in [0.25, 0.3) is 0 Å². The molecule has 11 heteroatoms. The monoisotopic (exact) mass is 557 g/mol. The first kappa shape index (κ1) is 26.4. The number of hydrogen-bond donors (Lipinski definition) is 2. The van der Waals surface area contributed by atoms with E-state index in [2.05, 4.69) is 47.3 Å². The molecule has 0 saturated carbocycles. The molecule has 1 amide bonds. The number of halogens is 3. The second kappa shape index (κ2) is 11.0. The molecule has 0 bridgehead atoms. The normalized spacial score (nSPS) is 13.9. The average Bonchev–Trinajstić information content (AvgIpc) is 3.41. The Morgan fingerprint density at radius 2 is 1.63 bits per heavy atom. The molecule has 8 nitrogen and oxygen atoms in total. The first-order valence-corrected chi connectivity index (χ1v) is 13.3. The van der Waals surface area contributed by atoms with Gasteiger partial charge in [-0.3, -0.25) is 14.8 Å². The zero-order valence-electron chi connectivity index (χ0n) is 21.9. The third-order valence-corrected chi connectivity index (χ3v) is 7.04. The zero-order valence-corrected chi connectivity index (χ0v) is 21.9. The number of aromatic nitrogens is 5. The van der Waals surface area contributed by atoms with Gasteiger partial charge in [0.05, 0.1) is 6.42 Å². The van der Waals surface area contributed by atoms with Crippen molar-refractivity contribution >= 4 is 28.4 Å². The van der Waals surface area contributed by atoms with E-state index in [1.165, 1.54) is 25.3 Å². The van der Waals surface area contributed by atoms with Gasteiger partial charge in [-0.1, -0.05) is 6.07 Å². The Labute approximate surface area is 233 Å². The lowest BCUT2D eigenvalue weighted by molar-refractivity contribution is -0.141. The van der Waals surface area contributed by atoms with Gasteiger partial charge in [0.2, 0.25) is 5.91 Å². The van der Waals surface area contributed by atoms with Gasteiger partial charge in [-0.25, -0.2) is 9.97 Å². The van der Waals surface area contributed by atoms with Crippen molar-refractivity contribution in [3.63, 3.8) is 0 Å². The number of fused-ring (bicyclic) bond motifs is 1. The molecule has 0 atom stereocenters. The summed E-state index contributed by atoms with van der Waals surface area (Å²) in [6, 6.07) is 13.8. The maximum Gasteiger partial charge on any atom is 0.433 e. The fourth-order valence-electron chi connectivity index (χ4n) is 4.92. The maximum atomic E-state index is 12.9. The molecule has 0 unspecified atom stereocenters. The van der Waals surface area contributed by atoms with Crippen LogP contribution in [0.2, 0.25) is 0 Å². The maximum absolute atomic E-state index is 12.9. The number of nitrogens with one attached hydrogen (secondary N) is 2. The van der Waals surface area contributed by atoms with Crippen LogP contribution >= 0.6 is 0 Å². The summed E-state index contributed by atoms with van der Waals surface area (Å²) in [7, 11) is 0. The van der Waals surface area contributed by atoms with Crippen molar-refractivity contribution in [2.45, 2.75) is 31.9 Å². The largest absolute Gasteiger partial charge is 0.433 e. The smallest absolute Gasteiger partial charge is 0.357 e. The van der Waals surface area contributed by atoms with Gasteiger partial charge >= 0.3 is 6.18 Å². The van der Waals surface area contributed by atoms with Gasteiger partial charge in [-0.2, -0.15) is 13.2 Å². The van der Waals surface area contributed by atoms with Crippen molar-refractivity contribution in [1.29, 1.82) is 0 Å². The van der Waals surface area contributed by atoms with Crippen LogP contribution in [-0.2, 0) is 17.4 Å². The number of piperidine rings is 1. The van der Waals surface area contributed by atoms with E-state index < -0.39 is 17.8 Å². The van der Waals surface area contributed by atoms with Gasteiger partial charge < -0.3 is 15.2 Å². The molecule has 0 aliphatic carbocycles. The third kappa shape index (κ3) is 6.03. The number of rotatable bonds is 6. The standard InChI is InChI=1S/C30H26F3N7O/c31-30(32,33)26-14-24(8-9-34-26)38-28(41)15-23-6-4-19(16-35-23)22-12-21-13-25(39-29(21)37-18-22)20-5-7-27(36-17-20)40-10-2-1-3-11-40/h4-9,12-14,16-18H,1-3,10-11,15H2,(H,37,39)(H,34,38,41). The molecule has 0 radical (unpaired) electrons. The molecule has 41 heavy (non-hydrogen) atoms. The lowest BCUT2D eigenvalue weighted by atomic mass is 10.1. The molecule has 1 aliphatic heterocycles. The molecule has 1 saturated heterocycles. The van der Waals surface area contributed by atoms with Gasteiger partial charge in [-0.05, 0) is 61.7 Å². The fourth-order valence-corrected chi connectivity index (χ4v) is 4.92. The van der Waals surface area contributed by atoms with E-state index in [0.29, 0.717) is 5.69 Å². The van der Waals surface area contributed by atoms with Crippen LogP contribution in [0.25, 0.3) is 33.4 Å². The van der Waals surface area contributed by atoms with Crippen molar-refractivity contribution in [2.75, 3.05) is 23.3 Å². The van der Waals surface area contributed by atoms with Crippen LogP contribution in [0, 0.1) is 0 Å². The number of nitrogens with zero attached hydrogens (tertiary/aromatic N) is 5. The second-order valence-electron chi connectivity index (χ2n) is 9.99. The highest BCUT2D eigenvalue weighted by molar-refractivity contribution is 5.92. The Hall–Kier alpha value is -4.80. The van der Waals surface area contributed by atoms with E-state index in [0.717, 1.165) is 64.6 Å². The van der Waals surface area contributed by atoms with E-state index >= 15 is 0 Å².